The van der Waals surface area contributed by atoms with Crippen molar-refractivity contribution in [1.29, 1.82) is 0 Å². The Morgan fingerprint density at radius 3 is 2.60 bits per heavy atom. The van der Waals surface area contributed by atoms with Crippen molar-refractivity contribution >= 4 is 22.4 Å². The summed E-state index contributed by atoms with van der Waals surface area (Å²) in [5.41, 5.74) is 3.60. The van der Waals surface area contributed by atoms with Gasteiger partial charge < -0.3 is 10.2 Å². The summed E-state index contributed by atoms with van der Waals surface area (Å²) in [4.78, 5) is 18.7. The molecule has 0 unspecified atom stereocenters. The minimum Gasteiger partial charge on any atom is -0.354 e. The Labute approximate surface area is 151 Å². The lowest BCUT2D eigenvalue weighted by molar-refractivity contribution is 0.0950. The summed E-state index contributed by atoms with van der Waals surface area (Å²) >= 11 is 1.56. The average molecular weight is 355 g/mol. The Morgan fingerprint density at radius 1 is 1.24 bits per heavy atom. The average Bonchev–Trinajstić information content (AvgIpc) is 3.29. The maximum atomic E-state index is 12.3. The van der Waals surface area contributed by atoms with E-state index in [1.165, 1.54) is 0 Å². The van der Waals surface area contributed by atoms with Crippen molar-refractivity contribution in [3.63, 3.8) is 0 Å². The maximum Gasteiger partial charge on any atom is 0.251 e. The monoisotopic (exact) mass is 355 g/mol. The first-order valence-electron chi connectivity index (χ1n) is 8.09. The predicted molar refractivity (Wildman–Crippen MR) is 101 cm³/mol. The highest BCUT2D eigenvalue weighted by molar-refractivity contribution is 7.13. The Hall–Kier alpha value is -2.67. The lowest BCUT2D eigenvalue weighted by Crippen LogP contribution is -2.23. The van der Waals surface area contributed by atoms with Crippen molar-refractivity contribution in [3.8, 4) is 11.1 Å². The molecule has 0 aliphatic heterocycles. The van der Waals surface area contributed by atoms with Gasteiger partial charge in [0.1, 0.15) is 0 Å². The number of aryl methyl sites for hydroxylation is 1. The number of carbonyl (C=O) groups excluding carboxylic acids is 1. The second-order valence-corrected chi connectivity index (χ2v) is 6.70. The molecule has 0 atom stereocenters. The number of rotatable bonds is 6. The number of anilines is 1. The molecule has 0 spiro atoms. The van der Waals surface area contributed by atoms with Crippen molar-refractivity contribution in [2.75, 3.05) is 19.0 Å². The summed E-state index contributed by atoms with van der Waals surface area (Å²) in [6.45, 7) is 3.31. The third-order valence-electron chi connectivity index (χ3n) is 3.79. The molecule has 2 aromatic heterocycles. The fraction of sp³-hybridized carbons (Fsp3) is 0.278. The van der Waals surface area contributed by atoms with Gasteiger partial charge in [0, 0.05) is 43.3 Å². The number of carbonyl (C=O) groups is 1. The zero-order valence-corrected chi connectivity index (χ0v) is 15.4. The highest BCUT2D eigenvalue weighted by Gasteiger charge is 2.09. The third-order valence-corrected chi connectivity index (χ3v) is 4.85. The van der Waals surface area contributed by atoms with E-state index < -0.39 is 0 Å². The fourth-order valence-corrected chi connectivity index (χ4v) is 3.11. The van der Waals surface area contributed by atoms with Gasteiger partial charge in [-0.3, -0.25) is 9.48 Å². The standard InChI is InChI=1S/C18H21N5OS/c1-4-23-11-15(9-20-23)13-5-7-14(8-6-13)17(24)19-10-16-12-25-18(21-16)22(2)3/h5-9,11-12H,4,10H2,1-3H3,(H,19,24). The molecule has 0 aliphatic rings. The molecule has 0 saturated heterocycles. The van der Waals surface area contributed by atoms with Gasteiger partial charge in [0.05, 0.1) is 18.4 Å². The second-order valence-electron chi connectivity index (χ2n) is 5.86. The highest BCUT2D eigenvalue weighted by Crippen LogP contribution is 2.20. The first kappa shape index (κ1) is 17.2. The van der Waals surface area contributed by atoms with Gasteiger partial charge >= 0.3 is 0 Å². The molecule has 0 fully saturated rings. The molecule has 0 saturated carbocycles. The minimum absolute atomic E-state index is 0.102. The number of thiazole rings is 1. The van der Waals surface area contributed by atoms with Crippen LogP contribution in [0.4, 0.5) is 5.13 Å². The molecule has 2 heterocycles. The van der Waals surface area contributed by atoms with Crippen LogP contribution in [0.1, 0.15) is 23.0 Å². The van der Waals surface area contributed by atoms with Crippen molar-refractivity contribution < 1.29 is 4.79 Å². The molecule has 0 aliphatic carbocycles. The number of amides is 1. The maximum absolute atomic E-state index is 12.3. The lowest BCUT2D eigenvalue weighted by Gasteiger charge is -2.06. The summed E-state index contributed by atoms with van der Waals surface area (Å²) in [5, 5.41) is 10.1. The second kappa shape index (κ2) is 7.48. The van der Waals surface area contributed by atoms with Gasteiger partial charge in [0.25, 0.3) is 5.91 Å². The third kappa shape index (κ3) is 4.06. The summed E-state index contributed by atoms with van der Waals surface area (Å²) in [5.74, 6) is -0.102. The first-order chi connectivity index (χ1) is 12.1. The van der Waals surface area contributed by atoms with E-state index in [1.807, 2.05) is 72.6 Å². The molecule has 1 N–H and O–H groups in total. The molecule has 3 rings (SSSR count). The van der Waals surface area contributed by atoms with E-state index in [0.717, 1.165) is 28.5 Å². The zero-order chi connectivity index (χ0) is 17.8. The number of nitrogens with one attached hydrogen (secondary N) is 1. The Bertz CT molecular complexity index is 850. The van der Waals surface area contributed by atoms with E-state index in [0.29, 0.717) is 12.1 Å². The molecule has 0 radical (unpaired) electrons. The minimum atomic E-state index is -0.102. The van der Waals surface area contributed by atoms with Crippen LogP contribution in [0.2, 0.25) is 0 Å². The normalized spacial score (nSPS) is 10.7. The van der Waals surface area contributed by atoms with Crippen LogP contribution < -0.4 is 10.2 Å². The van der Waals surface area contributed by atoms with Crippen LogP contribution in [0.25, 0.3) is 11.1 Å². The fourth-order valence-electron chi connectivity index (χ4n) is 2.36. The Kier molecular flexibility index (Phi) is 5.14. The summed E-state index contributed by atoms with van der Waals surface area (Å²) in [6, 6.07) is 7.55. The number of nitrogens with zero attached hydrogens (tertiary/aromatic N) is 4. The summed E-state index contributed by atoms with van der Waals surface area (Å²) in [7, 11) is 3.90. The molecule has 6 nitrogen and oxygen atoms in total. The largest absolute Gasteiger partial charge is 0.354 e. The first-order valence-corrected chi connectivity index (χ1v) is 8.97. The van der Waals surface area contributed by atoms with E-state index in [9.17, 15) is 4.79 Å². The van der Waals surface area contributed by atoms with E-state index in [2.05, 4.69) is 15.4 Å². The number of hydrogen-bond acceptors (Lipinski definition) is 5. The van der Waals surface area contributed by atoms with Crippen LogP contribution in [0, 0.1) is 0 Å². The van der Waals surface area contributed by atoms with Crippen molar-refractivity contribution in [1.82, 2.24) is 20.1 Å². The molecular formula is C18H21N5OS. The molecular weight excluding hydrogens is 334 g/mol. The zero-order valence-electron chi connectivity index (χ0n) is 14.6. The van der Waals surface area contributed by atoms with E-state index in [-0.39, 0.29) is 5.91 Å². The number of hydrogen-bond donors (Lipinski definition) is 1. The van der Waals surface area contributed by atoms with Gasteiger partial charge in [-0.1, -0.05) is 12.1 Å². The molecule has 3 aromatic rings. The van der Waals surface area contributed by atoms with Gasteiger partial charge in [-0.15, -0.1) is 11.3 Å². The van der Waals surface area contributed by atoms with Crippen molar-refractivity contribution in [2.45, 2.75) is 20.0 Å². The Balaban J connectivity index is 1.62. The van der Waals surface area contributed by atoms with Crippen molar-refractivity contribution in [3.05, 3.63) is 53.3 Å². The molecule has 1 aromatic carbocycles. The molecule has 130 valence electrons. The van der Waals surface area contributed by atoms with E-state index >= 15 is 0 Å². The Morgan fingerprint density at radius 2 is 2.00 bits per heavy atom. The van der Waals surface area contributed by atoms with Crippen LogP contribution in [-0.4, -0.2) is 34.8 Å². The van der Waals surface area contributed by atoms with Crippen molar-refractivity contribution in [2.24, 2.45) is 0 Å². The molecule has 25 heavy (non-hydrogen) atoms. The number of aromatic nitrogens is 3. The summed E-state index contributed by atoms with van der Waals surface area (Å²) < 4.78 is 1.88. The van der Waals surface area contributed by atoms with Crippen LogP contribution in [-0.2, 0) is 13.1 Å². The van der Waals surface area contributed by atoms with Gasteiger partial charge in [-0.2, -0.15) is 5.10 Å². The molecule has 0 bridgehead atoms. The quantitative estimate of drug-likeness (QED) is 0.738. The number of benzene rings is 1. The lowest BCUT2D eigenvalue weighted by atomic mass is 10.1. The van der Waals surface area contributed by atoms with Gasteiger partial charge in [-0.25, -0.2) is 4.98 Å². The predicted octanol–water partition coefficient (Wildman–Crippen LogP) is 3.02. The van der Waals surface area contributed by atoms with E-state index in [4.69, 9.17) is 0 Å². The summed E-state index contributed by atoms with van der Waals surface area (Å²) in [6.07, 6.45) is 3.84. The molecule has 7 heteroatoms. The van der Waals surface area contributed by atoms with Crippen LogP contribution >= 0.6 is 11.3 Å². The SMILES string of the molecule is CCn1cc(-c2ccc(C(=O)NCc3csc(N(C)C)n3)cc2)cn1. The van der Waals surface area contributed by atoms with Gasteiger partial charge in [0.15, 0.2) is 5.13 Å². The van der Waals surface area contributed by atoms with Gasteiger partial charge in [-0.05, 0) is 24.6 Å². The van der Waals surface area contributed by atoms with Crippen LogP contribution in [0.15, 0.2) is 42.0 Å². The highest BCUT2D eigenvalue weighted by atomic mass is 32.1. The van der Waals surface area contributed by atoms with E-state index in [1.54, 1.807) is 11.3 Å². The van der Waals surface area contributed by atoms with Crippen LogP contribution in [0.3, 0.4) is 0 Å². The van der Waals surface area contributed by atoms with Crippen LogP contribution in [0.5, 0.6) is 0 Å². The van der Waals surface area contributed by atoms with Gasteiger partial charge in [0.2, 0.25) is 0 Å². The smallest absolute Gasteiger partial charge is 0.251 e. The molecule has 1 amide bonds. The topological polar surface area (TPSA) is 63.1 Å².